The first-order valence-electron chi connectivity index (χ1n) is 8.14. The van der Waals surface area contributed by atoms with E-state index in [0.717, 1.165) is 10.7 Å². The Kier molecular flexibility index (Phi) is 4.85. The molecule has 7 nitrogen and oxygen atoms in total. The summed E-state index contributed by atoms with van der Waals surface area (Å²) in [6, 6.07) is 6.16. The first kappa shape index (κ1) is 18.4. The second kappa shape index (κ2) is 7.10. The number of fused-ring (bicyclic) bond motifs is 1. The average molecular weight is 370 g/mol. The van der Waals surface area contributed by atoms with Crippen molar-refractivity contribution in [2.45, 2.75) is 25.8 Å². The first-order chi connectivity index (χ1) is 12.8. The monoisotopic (exact) mass is 370 g/mol. The molecule has 3 aromatic rings. The molecule has 0 bridgehead atoms. The highest BCUT2D eigenvalue weighted by atomic mass is 19.1. The Bertz CT molecular complexity index is 1110. The predicted molar refractivity (Wildman–Crippen MR) is 95.5 cm³/mol. The number of nitrogens with zero attached hydrogens (tertiary/aromatic N) is 4. The fourth-order valence-electron chi connectivity index (χ4n) is 2.78. The SMILES string of the molecule is CC(N=O)c1ccc(=N)n(C(=N)C(C)c2c(F)cc3ncccc3c2F)n1. The second-order valence-corrected chi connectivity index (χ2v) is 6.10. The lowest BCUT2D eigenvalue weighted by Crippen LogP contribution is -2.33. The van der Waals surface area contributed by atoms with Crippen molar-refractivity contribution in [3.8, 4) is 0 Å². The minimum Gasteiger partial charge on any atom is -0.286 e. The Labute approximate surface area is 152 Å². The molecule has 27 heavy (non-hydrogen) atoms. The van der Waals surface area contributed by atoms with Crippen molar-refractivity contribution in [3.05, 3.63) is 69.8 Å². The lowest BCUT2D eigenvalue weighted by molar-refractivity contribution is 0.557. The molecule has 0 radical (unpaired) electrons. The summed E-state index contributed by atoms with van der Waals surface area (Å²) in [5.74, 6) is -2.98. The van der Waals surface area contributed by atoms with Crippen LogP contribution >= 0.6 is 0 Å². The molecule has 0 aliphatic carbocycles. The third-order valence-electron chi connectivity index (χ3n) is 4.35. The molecule has 3 rings (SSSR count). The maximum atomic E-state index is 14.9. The zero-order chi connectivity index (χ0) is 19.7. The molecule has 138 valence electrons. The van der Waals surface area contributed by atoms with Crippen LogP contribution in [0.15, 0.2) is 41.7 Å². The molecule has 2 N–H and O–H groups in total. The maximum Gasteiger partial charge on any atom is 0.148 e. The van der Waals surface area contributed by atoms with E-state index in [4.69, 9.17) is 10.8 Å². The van der Waals surface area contributed by atoms with E-state index in [0.29, 0.717) is 0 Å². The molecular weight excluding hydrogens is 354 g/mol. The first-order valence-corrected chi connectivity index (χ1v) is 8.14. The van der Waals surface area contributed by atoms with Gasteiger partial charge in [0.25, 0.3) is 0 Å². The van der Waals surface area contributed by atoms with Crippen LogP contribution in [0.2, 0.25) is 0 Å². The fraction of sp³-hybridized carbons (Fsp3) is 0.222. The smallest absolute Gasteiger partial charge is 0.148 e. The molecule has 9 heteroatoms. The molecule has 0 amide bonds. The van der Waals surface area contributed by atoms with Gasteiger partial charge >= 0.3 is 0 Å². The van der Waals surface area contributed by atoms with E-state index >= 15 is 0 Å². The Hall–Kier alpha value is -3.36. The molecule has 0 fully saturated rings. The van der Waals surface area contributed by atoms with E-state index in [-0.39, 0.29) is 33.5 Å². The van der Waals surface area contributed by atoms with Crippen LogP contribution in [0.3, 0.4) is 0 Å². The van der Waals surface area contributed by atoms with E-state index < -0.39 is 23.6 Å². The molecule has 0 aliphatic heterocycles. The third kappa shape index (κ3) is 3.23. The maximum absolute atomic E-state index is 14.9. The minimum absolute atomic E-state index is 0.144. The van der Waals surface area contributed by atoms with Crippen molar-refractivity contribution in [1.29, 1.82) is 10.8 Å². The molecule has 1 aromatic carbocycles. The van der Waals surface area contributed by atoms with Gasteiger partial charge in [-0.2, -0.15) is 10.0 Å². The Morgan fingerprint density at radius 1 is 1.26 bits per heavy atom. The van der Waals surface area contributed by atoms with Crippen molar-refractivity contribution in [3.63, 3.8) is 0 Å². The van der Waals surface area contributed by atoms with E-state index in [1.807, 2.05) is 0 Å². The second-order valence-electron chi connectivity index (χ2n) is 6.10. The van der Waals surface area contributed by atoms with Crippen molar-refractivity contribution >= 4 is 16.7 Å². The summed E-state index contributed by atoms with van der Waals surface area (Å²) in [6.45, 7) is 2.97. The molecule has 0 spiro atoms. The third-order valence-corrected chi connectivity index (χ3v) is 4.35. The van der Waals surface area contributed by atoms with Gasteiger partial charge in [-0.05, 0) is 31.2 Å². The summed E-state index contributed by atoms with van der Waals surface area (Å²) in [6.07, 6.45) is 1.44. The summed E-state index contributed by atoms with van der Waals surface area (Å²) >= 11 is 0. The molecule has 0 saturated carbocycles. The summed E-state index contributed by atoms with van der Waals surface area (Å²) in [7, 11) is 0. The Morgan fingerprint density at radius 2 is 2.00 bits per heavy atom. The van der Waals surface area contributed by atoms with Crippen molar-refractivity contribution < 1.29 is 8.78 Å². The summed E-state index contributed by atoms with van der Waals surface area (Å²) in [5.41, 5.74) is -0.0328. The van der Waals surface area contributed by atoms with E-state index in [2.05, 4.69) is 15.3 Å². The Morgan fingerprint density at radius 3 is 2.70 bits per heavy atom. The number of aromatic nitrogens is 3. The molecule has 2 atom stereocenters. The van der Waals surface area contributed by atoms with Crippen LogP contribution in [0.1, 0.15) is 37.1 Å². The number of hydrogen-bond donors (Lipinski definition) is 2. The molecular formula is C18H16F2N6O. The highest BCUT2D eigenvalue weighted by Gasteiger charge is 2.25. The number of rotatable bonds is 4. The highest BCUT2D eigenvalue weighted by Crippen LogP contribution is 2.29. The van der Waals surface area contributed by atoms with Crippen LogP contribution < -0.4 is 5.49 Å². The van der Waals surface area contributed by atoms with Gasteiger partial charge in [-0.25, -0.2) is 13.5 Å². The minimum atomic E-state index is -1.04. The fourth-order valence-corrected chi connectivity index (χ4v) is 2.78. The highest BCUT2D eigenvalue weighted by molar-refractivity contribution is 5.89. The van der Waals surface area contributed by atoms with E-state index in [1.165, 1.54) is 38.2 Å². The predicted octanol–water partition coefficient (Wildman–Crippen LogP) is 3.65. The van der Waals surface area contributed by atoms with Gasteiger partial charge in [0.2, 0.25) is 0 Å². The summed E-state index contributed by atoms with van der Waals surface area (Å²) in [5, 5.41) is 23.4. The molecule has 0 aliphatic rings. The topological polar surface area (TPSA) is 108 Å². The zero-order valence-corrected chi connectivity index (χ0v) is 14.6. The molecule has 2 unspecified atom stereocenters. The number of benzene rings is 1. The van der Waals surface area contributed by atoms with Gasteiger partial charge in [-0.3, -0.25) is 15.8 Å². The quantitative estimate of drug-likeness (QED) is 0.416. The standard InChI is InChI=1S/C18H16F2N6O/c1-9(16-12(19)8-14-11(17(16)20)4-3-7-23-14)18(22)26-15(21)6-5-13(24-26)10(2)25-27/h3-10,21-22H,1-2H3. The van der Waals surface area contributed by atoms with E-state index in [1.54, 1.807) is 6.07 Å². The van der Waals surface area contributed by atoms with Gasteiger partial charge in [0.05, 0.1) is 11.2 Å². The summed E-state index contributed by atoms with van der Waals surface area (Å²) < 4.78 is 30.4. The van der Waals surface area contributed by atoms with Crippen molar-refractivity contribution in [1.82, 2.24) is 14.8 Å². The van der Waals surface area contributed by atoms with Gasteiger partial charge in [0, 0.05) is 29.1 Å². The van der Waals surface area contributed by atoms with Crippen molar-refractivity contribution in [2.75, 3.05) is 0 Å². The number of nitrogens with one attached hydrogen (secondary N) is 2. The van der Waals surface area contributed by atoms with Gasteiger partial charge in [-0.15, -0.1) is 0 Å². The molecule has 2 aromatic heterocycles. The van der Waals surface area contributed by atoms with Crippen LogP contribution in [-0.2, 0) is 0 Å². The van der Waals surface area contributed by atoms with Crippen LogP contribution in [-0.4, -0.2) is 20.6 Å². The lowest BCUT2D eigenvalue weighted by atomic mass is 9.96. The van der Waals surface area contributed by atoms with Gasteiger partial charge in [-0.1, -0.05) is 12.1 Å². The van der Waals surface area contributed by atoms with Crippen LogP contribution in [0.25, 0.3) is 10.9 Å². The zero-order valence-electron chi connectivity index (χ0n) is 14.6. The average Bonchev–Trinajstić information content (AvgIpc) is 2.67. The number of pyridine rings is 1. The Balaban J connectivity index is 2.10. The van der Waals surface area contributed by atoms with Crippen LogP contribution in [0, 0.1) is 27.4 Å². The number of hydrogen-bond acceptors (Lipinski definition) is 6. The van der Waals surface area contributed by atoms with Crippen molar-refractivity contribution in [2.24, 2.45) is 5.18 Å². The summed E-state index contributed by atoms with van der Waals surface area (Å²) in [4.78, 5) is 14.7. The van der Waals surface area contributed by atoms with Crippen LogP contribution in [0.4, 0.5) is 8.78 Å². The van der Waals surface area contributed by atoms with E-state index in [9.17, 15) is 13.7 Å². The lowest BCUT2D eigenvalue weighted by Gasteiger charge is -2.18. The largest absolute Gasteiger partial charge is 0.286 e. The van der Waals surface area contributed by atoms with Gasteiger partial charge in [0.1, 0.15) is 29.0 Å². The molecule has 0 saturated heterocycles. The van der Waals surface area contributed by atoms with Gasteiger partial charge in [0.15, 0.2) is 0 Å². The molecule has 2 heterocycles. The van der Waals surface area contributed by atoms with Gasteiger partial charge < -0.3 is 0 Å². The number of nitroso groups, excluding NO2 is 1. The van der Waals surface area contributed by atoms with Crippen LogP contribution in [0.5, 0.6) is 0 Å². The normalized spacial score (nSPS) is 13.3. The number of halogens is 2.